The molecule has 8 heteroatoms. The molecule has 1 rings (SSSR count). The van der Waals surface area contributed by atoms with E-state index < -0.39 is 10.0 Å². The second-order valence-corrected chi connectivity index (χ2v) is 6.55. The SMILES string of the molecule is CCC(C)NC(=O)CCNCc1ccc(S(=O)(=O)NC)o1. The van der Waals surface area contributed by atoms with E-state index in [1.54, 1.807) is 6.07 Å². The highest BCUT2D eigenvalue weighted by Gasteiger charge is 2.16. The van der Waals surface area contributed by atoms with Gasteiger partial charge in [0.25, 0.3) is 10.0 Å². The Morgan fingerprint density at radius 2 is 2.10 bits per heavy atom. The summed E-state index contributed by atoms with van der Waals surface area (Å²) in [5, 5.41) is 5.79. The summed E-state index contributed by atoms with van der Waals surface area (Å²) in [6.45, 7) is 4.84. The molecule has 0 aromatic carbocycles. The predicted molar refractivity (Wildman–Crippen MR) is 79.2 cm³/mol. The van der Waals surface area contributed by atoms with Crippen molar-refractivity contribution in [1.29, 1.82) is 0 Å². The van der Waals surface area contributed by atoms with E-state index in [1.165, 1.54) is 13.1 Å². The third kappa shape index (κ3) is 5.86. The Labute approximate surface area is 125 Å². The lowest BCUT2D eigenvalue weighted by Crippen LogP contribution is -2.33. The van der Waals surface area contributed by atoms with Crippen molar-refractivity contribution in [1.82, 2.24) is 15.4 Å². The van der Waals surface area contributed by atoms with Crippen molar-refractivity contribution in [3.63, 3.8) is 0 Å². The number of hydrogen-bond acceptors (Lipinski definition) is 5. The molecule has 1 heterocycles. The van der Waals surface area contributed by atoms with Crippen LogP contribution in [0.15, 0.2) is 21.6 Å². The van der Waals surface area contributed by atoms with Crippen LogP contribution in [0.4, 0.5) is 0 Å². The van der Waals surface area contributed by atoms with E-state index in [0.29, 0.717) is 25.3 Å². The van der Waals surface area contributed by atoms with Crippen LogP contribution in [0.3, 0.4) is 0 Å². The van der Waals surface area contributed by atoms with Crippen LogP contribution >= 0.6 is 0 Å². The van der Waals surface area contributed by atoms with Crippen molar-refractivity contribution in [2.75, 3.05) is 13.6 Å². The molecule has 21 heavy (non-hydrogen) atoms. The van der Waals surface area contributed by atoms with Crippen LogP contribution in [0, 0.1) is 0 Å². The Kier molecular flexibility index (Phi) is 6.86. The van der Waals surface area contributed by atoms with Crippen LogP contribution in [0.5, 0.6) is 0 Å². The number of sulfonamides is 1. The topological polar surface area (TPSA) is 100 Å². The van der Waals surface area contributed by atoms with Crippen LogP contribution < -0.4 is 15.4 Å². The van der Waals surface area contributed by atoms with Gasteiger partial charge in [0.1, 0.15) is 5.76 Å². The van der Waals surface area contributed by atoms with Gasteiger partial charge in [0.15, 0.2) is 0 Å². The molecular formula is C13H23N3O4S. The van der Waals surface area contributed by atoms with Crippen LogP contribution in [0.2, 0.25) is 0 Å². The summed E-state index contributed by atoms with van der Waals surface area (Å²) in [5.74, 6) is 0.501. The Morgan fingerprint density at radius 3 is 2.71 bits per heavy atom. The number of nitrogens with one attached hydrogen (secondary N) is 3. The molecule has 0 aliphatic heterocycles. The van der Waals surface area contributed by atoms with Gasteiger partial charge >= 0.3 is 0 Å². The second-order valence-electron chi connectivity index (χ2n) is 4.73. The molecule has 0 saturated carbocycles. The van der Waals surface area contributed by atoms with E-state index in [4.69, 9.17) is 4.42 Å². The molecule has 0 spiro atoms. The predicted octanol–water partition coefficient (Wildman–Crippen LogP) is 0.582. The highest BCUT2D eigenvalue weighted by atomic mass is 32.2. The van der Waals surface area contributed by atoms with E-state index in [-0.39, 0.29) is 17.0 Å². The van der Waals surface area contributed by atoms with Gasteiger partial charge in [-0.1, -0.05) is 6.92 Å². The molecule has 3 N–H and O–H groups in total. The summed E-state index contributed by atoms with van der Waals surface area (Å²) >= 11 is 0. The maximum absolute atomic E-state index is 11.5. The zero-order valence-electron chi connectivity index (χ0n) is 12.6. The highest BCUT2D eigenvalue weighted by Crippen LogP contribution is 2.12. The summed E-state index contributed by atoms with van der Waals surface area (Å²) in [5.41, 5.74) is 0. The summed E-state index contributed by atoms with van der Waals surface area (Å²) in [6, 6.07) is 3.17. The maximum Gasteiger partial charge on any atom is 0.273 e. The molecule has 0 fully saturated rings. The normalized spacial score (nSPS) is 13.1. The lowest BCUT2D eigenvalue weighted by Gasteiger charge is -2.11. The van der Waals surface area contributed by atoms with Gasteiger partial charge in [0, 0.05) is 19.0 Å². The first-order valence-electron chi connectivity index (χ1n) is 6.91. The summed E-state index contributed by atoms with van der Waals surface area (Å²) in [4.78, 5) is 11.5. The monoisotopic (exact) mass is 317 g/mol. The molecule has 1 aromatic heterocycles. The fraction of sp³-hybridized carbons (Fsp3) is 0.615. The molecule has 1 amide bonds. The van der Waals surface area contributed by atoms with Gasteiger partial charge in [-0.2, -0.15) is 0 Å². The van der Waals surface area contributed by atoms with E-state index in [9.17, 15) is 13.2 Å². The van der Waals surface area contributed by atoms with E-state index in [1.807, 2.05) is 13.8 Å². The zero-order chi connectivity index (χ0) is 15.9. The minimum atomic E-state index is -3.55. The van der Waals surface area contributed by atoms with E-state index in [2.05, 4.69) is 15.4 Å². The van der Waals surface area contributed by atoms with Crippen LogP contribution in [0.1, 0.15) is 32.4 Å². The average Bonchev–Trinajstić information content (AvgIpc) is 2.93. The summed E-state index contributed by atoms with van der Waals surface area (Å²) in [6.07, 6.45) is 1.26. The highest BCUT2D eigenvalue weighted by molar-refractivity contribution is 7.89. The van der Waals surface area contributed by atoms with Gasteiger partial charge < -0.3 is 15.1 Å². The van der Waals surface area contributed by atoms with E-state index in [0.717, 1.165) is 6.42 Å². The van der Waals surface area contributed by atoms with Gasteiger partial charge in [0.05, 0.1) is 6.54 Å². The van der Waals surface area contributed by atoms with Crippen molar-refractivity contribution >= 4 is 15.9 Å². The lowest BCUT2D eigenvalue weighted by molar-refractivity contribution is -0.121. The molecule has 0 saturated heterocycles. The number of rotatable bonds is 9. The van der Waals surface area contributed by atoms with Crippen molar-refractivity contribution in [3.05, 3.63) is 17.9 Å². The molecule has 1 atom stereocenters. The Morgan fingerprint density at radius 1 is 1.38 bits per heavy atom. The molecular weight excluding hydrogens is 294 g/mol. The second kappa shape index (κ2) is 8.16. The molecule has 7 nitrogen and oxygen atoms in total. The van der Waals surface area contributed by atoms with Gasteiger partial charge in [0.2, 0.25) is 11.0 Å². The van der Waals surface area contributed by atoms with E-state index >= 15 is 0 Å². The number of carbonyl (C=O) groups is 1. The molecule has 120 valence electrons. The Hall–Kier alpha value is -1.38. The standard InChI is InChI=1S/C13H23N3O4S/c1-4-10(2)16-12(17)7-8-15-9-11-5-6-13(20-11)21(18,19)14-3/h5-6,10,14-15H,4,7-9H2,1-3H3,(H,16,17). The first-order chi connectivity index (χ1) is 9.89. The number of amides is 1. The number of hydrogen-bond donors (Lipinski definition) is 3. The van der Waals surface area contributed by atoms with Crippen molar-refractivity contribution in [2.45, 2.75) is 44.4 Å². The minimum absolute atomic E-state index is 0.00487. The first kappa shape index (κ1) is 17.7. The van der Waals surface area contributed by atoms with Crippen molar-refractivity contribution in [2.24, 2.45) is 0 Å². The summed E-state index contributed by atoms with van der Waals surface area (Å²) in [7, 11) is -2.22. The van der Waals surface area contributed by atoms with Crippen LogP contribution in [0.25, 0.3) is 0 Å². The number of furan rings is 1. The molecule has 0 radical (unpaired) electrons. The fourth-order valence-corrected chi connectivity index (χ4v) is 2.23. The maximum atomic E-state index is 11.5. The largest absolute Gasteiger partial charge is 0.447 e. The zero-order valence-corrected chi connectivity index (χ0v) is 13.4. The molecule has 0 bridgehead atoms. The molecule has 1 unspecified atom stereocenters. The number of carbonyl (C=O) groups excluding carboxylic acids is 1. The van der Waals surface area contributed by atoms with Crippen LogP contribution in [-0.4, -0.2) is 34.0 Å². The van der Waals surface area contributed by atoms with Gasteiger partial charge in [-0.3, -0.25) is 4.79 Å². The third-order valence-corrected chi connectivity index (χ3v) is 4.31. The van der Waals surface area contributed by atoms with Gasteiger partial charge in [-0.25, -0.2) is 13.1 Å². The van der Waals surface area contributed by atoms with Gasteiger partial charge in [-0.15, -0.1) is 0 Å². The quantitative estimate of drug-likeness (QED) is 0.579. The molecule has 0 aliphatic carbocycles. The average molecular weight is 317 g/mol. The van der Waals surface area contributed by atoms with Gasteiger partial charge in [-0.05, 0) is 32.5 Å². The summed E-state index contributed by atoms with van der Waals surface area (Å²) < 4.78 is 30.4. The molecule has 1 aromatic rings. The third-order valence-electron chi connectivity index (χ3n) is 3.02. The fourth-order valence-electron chi connectivity index (χ4n) is 1.56. The smallest absolute Gasteiger partial charge is 0.273 e. The Balaban J connectivity index is 2.32. The lowest BCUT2D eigenvalue weighted by atomic mass is 10.2. The first-order valence-corrected chi connectivity index (χ1v) is 8.39. The van der Waals surface area contributed by atoms with Crippen molar-refractivity contribution < 1.29 is 17.6 Å². The Bertz CT molecular complexity index is 554. The molecule has 0 aliphatic rings. The minimum Gasteiger partial charge on any atom is -0.447 e. The van der Waals surface area contributed by atoms with Crippen LogP contribution in [-0.2, 0) is 21.4 Å². The van der Waals surface area contributed by atoms with Crippen molar-refractivity contribution in [3.8, 4) is 0 Å².